The summed E-state index contributed by atoms with van der Waals surface area (Å²) in [6, 6.07) is 18.2. The second-order valence-corrected chi connectivity index (χ2v) is 7.05. The molecule has 1 fully saturated rings. The summed E-state index contributed by atoms with van der Waals surface area (Å²) in [6.07, 6.45) is 2.75. The molecule has 0 radical (unpaired) electrons. The minimum Gasteiger partial charge on any atom is -0.340 e. The first-order valence-corrected chi connectivity index (χ1v) is 9.37. The van der Waals surface area contributed by atoms with Crippen molar-refractivity contribution in [3.63, 3.8) is 0 Å². The Morgan fingerprint density at radius 3 is 2.24 bits per heavy atom. The summed E-state index contributed by atoms with van der Waals surface area (Å²) >= 11 is 5.89. The molecule has 0 spiro atoms. The van der Waals surface area contributed by atoms with Crippen LogP contribution in [0.25, 0.3) is 0 Å². The Morgan fingerprint density at radius 2 is 1.56 bits per heavy atom. The van der Waals surface area contributed by atoms with E-state index in [4.69, 9.17) is 11.6 Å². The molecule has 4 heteroatoms. The minimum absolute atomic E-state index is 0.214. The van der Waals surface area contributed by atoms with Crippen molar-refractivity contribution in [3.8, 4) is 0 Å². The summed E-state index contributed by atoms with van der Waals surface area (Å²) in [5, 5.41) is 0.709. The highest BCUT2D eigenvalue weighted by Crippen LogP contribution is 2.12. The number of benzene rings is 2. The SMILES string of the molecule is O=C(Cc1ccc(Cl)cc1)N1CCN(CCCc2ccccc2)CC1. The highest BCUT2D eigenvalue weighted by atomic mass is 35.5. The molecule has 0 saturated carbocycles. The van der Waals surface area contributed by atoms with Crippen molar-refractivity contribution in [3.05, 3.63) is 70.7 Å². The second kappa shape index (κ2) is 9.02. The largest absolute Gasteiger partial charge is 0.340 e. The van der Waals surface area contributed by atoms with E-state index in [0.717, 1.165) is 44.7 Å². The number of nitrogens with zero attached hydrogens (tertiary/aromatic N) is 2. The van der Waals surface area contributed by atoms with Gasteiger partial charge >= 0.3 is 0 Å². The van der Waals surface area contributed by atoms with Crippen LogP contribution in [0.4, 0.5) is 0 Å². The lowest BCUT2D eigenvalue weighted by molar-refractivity contribution is -0.132. The molecule has 3 nitrogen and oxygen atoms in total. The first-order chi connectivity index (χ1) is 12.2. The van der Waals surface area contributed by atoms with E-state index < -0.39 is 0 Å². The molecule has 0 N–H and O–H groups in total. The van der Waals surface area contributed by atoms with Gasteiger partial charge in [-0.2, -0.15) is 0 Å². The van der Waals surface area contributed by atoms with Crippen LogP contribution in [-0.2, 0) is 17.6 Å². The standard InChI is InChI=1S/C21H25ClN2O/c22-20-10-8-19(9-11-20)17-21(25)24-15-13-23(14-16-24)12-4-7-18-5-2-1-3-6-18/h1-3,5-6,8-11H,4,7,12-17H2. The van der Waals surface area contributed by atoms with Crippen molar-refractivity contribution in [2.24, 2.45) is 0 Å². The van der Waals surface area contributed by atoms with Gasteiger partial charge in [0.25, 0.3) is 0 Å². The summed E-state index contributed by atoms with van der Waals surface area (Å²) in [7, 11) is 0. The molecule has 1 saturated heterocycles. The van der Waals surface area contributed by atoms with Crippen LogP contribution in [-0.4, -0.2) is 48.4 Å². The number of hydrogen-bond acceptors (Lipinski definition) is 2. The van der Waals surface area contributed by atoms with Gasteiger partial charge in [-0.1, -0.05) is 54.1 Å². The van der Waals surface area contributed by atoms with Gasteiger partial charge in [0.2, 0.25) is 5.91 Å². The fourth-order valence-electron chi connectivity index (χ4n) is 3.26. The number of aryl methyl sites for hydroxylation is 1. The molecule has 132 valence electrons. The maximum atomic E-state index is 12.4. The van der Waals surface area contributed by atoms with E-state index in [0.29, 0.717) is 11.4 Å². The molecule has 3 rings (SSSR count). The van der Waals surface area contributed by atoms with Crippen LogP contribution in [0, 0.1) is 0 Å². The quantitative estimate of drug-likeness (QED) is 0.788. The maximum absolute atomic E-state index is 12.4. The first-order valence-electron chi connectivity index (χ1n) is 8.99. The van der Waals surface area contributed by atoms with Crippen LogP contribution in [0.15, 0.2) is 54.6 Å². The number of carbonyl (C=O) groups is 1. The lowest BCUT2D eigenvalue weighted by Gasteiger charge is -2.34. The van der Waals surface area contributed by atoms with E-state index >= 15 is 0 Å². The first kappa shape index (κ1) is 18.0. The highest BCUT2D eigenvalue weighted by Gasteiger charge is 2.20. The fraction of sp³-hybridized carbons (Fsp3) is 0.381. The molecule has 2 aromatic carbocycles. The Kier molecular flexibility index (Phi) is 6.48. The van der Waals surface area contributed by atoms with Crippen LogP contribution in [0.1, 0.15) is 17.5 Å². The predicted molar refractivity (Wildman–Crippen MR) is 103 cm³/mol. The van der Waals surface area contributed by atoms with E-state index in [2.05, 4.69) is 35.2 Å². The normalized spacial score (nSPS) is 15.3. The average Bonchev–Trinajstić information content (AvgIpc) is 2.65. The molecule has 1 aliphatic rings. The van der Waals surface area contributed by atoms with Crippen molar-refractivity contribution in [2.45, 2.75) is 19.3 Å². The summed E-state index contributed by atoms with van der Waals surface area (Å²) in [5.41, 5.74) is 2.43. The molecular formula is C21H25ClN2O. The minimum atomic E-state index is 0.214. The summed E-state index contributed by atoms with van der Waals surface area (Å²) < 4.78 is 0. The predicted octanol–water partition coefficient (Wildman–Crippen LogP) is 3.66. The zero-order valence-corrected chi connectivity index (χ0v) is 15.3. The number of rotatable bonds is 6. The fourth-order valence-corrected chi connectivity index (χ4v) is 3.39. The van der Waals surface area contributed by atoms with E-state index in [1.165, 1.54) is 12.0 Å². The Hall–Kier alpha value is -1.84. The highest BCUT2D eigenvalue weighted by molar-refractivity contribution is 6.30. The number of amides is 1. The zero-order chi connectivity index (χ0) is 17.5. The molecule has 0 aromatic heterocycles. The van der Waals surface area contributed by atoms with Gasteiger partial charge in [0.1, 0.15) is 0 Å². The smallest absolute Gasteiger partial charge is 0.227 e. The second-order valence-electron chi connectivity index (χ2n) is 6.61. The van der Waals surface area contributed by atoms with Crippen LogP contribution in [0.5, 0.6) is 0 Å². The third-order valence-corrected chi connectivity index (χ3v) is 5.03. The van der Waals surface area contributed by atoms with Gasteiger partial charge < -0.3 is 4.90 Å². The average molecular weight is 357 g/mol. The lowest BCUT2D eigenvalue weighted by atomic mass is 10.1. The lowest BCUT2D eigenvalue weighted by Crippen LogP contribution is -2.49. The molecule has 2 aromatic rings. The molecule has 0 bridgehead atoms. The molecule has 0 unspecified atom stereocenters. The van der Waals surface area contributed by atoms with E-state index in [1.807, 2.05) is 29.2 Å². The Bertz CT molecular complexity index is 664. The Balaban J connectivity index is 1.37. The van der Waals surface area contributed by atoms with Gasteiger partial charge in [-0.3, -0.25) is 9.69 Å². The van der Waals surface area contributed by atoms with Crippen molar-refractivity contribution in [1.82, 2.24) is 9.80 Å². The van der Waals surface area contributed by atoms with E-state index in [9.17, 15) is 4.79 Å². The van der Waals surface area contributed by atoms with Gasteiger partial charge in [0.05, 0.1) is 6.42 Å². The monoisotopic (exact) mass is 356 g/mol. The van der Waals surface area contributed by atoms with Crippen LogP contribution in [0.2, 0.25) is 5.02 Å². The molecule has 0 aliphatic carbocycles. The van der Waals surface area contributed by atoms with E-state index in [1.54, 1.807) is 0 Å². The molecule has 25 heavy (non-hydrogen) atoms. The topological polar surface area (TPSA) is 23.6 Å². The van der Waals surface area contributed by atoms with Crippen molar-refractivity contribution in [2.75, 3.05) is 32.7 Å². The number of hydrogen-bond donors (Lipinski definition) is 0. The van der Waals surface area contributed by atoms with Crippen molar-refractivity contribution < 1.29 is 4.79 Å². The summed E-state index contributed by atoms with van der Waals surface area (Å²) in [5.74, 6) is 0.214. The third kappa shape index (κ3) is 5.58. The van der Waals surface area contributed by atoms with Crippen LogP contribution >= 0.6 is 11.6 Å². The number of carbonyl (C=O) groups excluding carboxylic acids is 1. The third-order valence-electron chi connectivity index (χ3n) is 4.78. The zero-order valence-electron chi connectivity index (χ0n) is 14.5. The van der Waals surface area contributed by atoms with Crippen molar-refractivity contribution >= 4 is 17.5 Å². The summed E-state index contributed by atoms with van der Waals surface area (Å²) in [4.78, 5) is 16.9. The molecule has 1 aliphatic heterocycles. The number of halogens is 1. The molecule has 1 heterocycles. The van der Waals surface area contributed by atoms with Crippen LogP contribution < -0.4 is 0 Å². The van der Waals surface area contributed by atoms with Crippen LogP contribution in [0.3, 0.4) is 0 Å². The number of piperazine rings is 1. The van der Waals surface area contributed by atoms with Crippen molar-refractivity contribution in [1.29, 1.82) is 0 Å². The van der Waals surface area contributed by atoms with Gasteiger partial charge in [-0.05, 0) is 42.6 Å². The van der Waals surface area contributed by atoms with E-state index in [-0.39, 0.29) is 5.91 Å². The Morgan fingerprint density at radius 1 is 0.880 bits per heavy atom. The maximum Gasteiger partial charge on any atom is 0.227 e. The summed E-state index contributed by atoms with van der Waals surface area (Å²) in [6.45, 7) is 4.71. The molecule has 1 amide bonds. The molecule has 0 atom stereocenters. The molecular weight excluding hydrogens is 332 g/mol. The Labute approximate surface area is 155 Å². The van der Waals surface area contributed by atoms with Gasteiger partial charge in [0.15, 0.2) is 0 Å². The van der Waals surface area contributed by atoms with Gasteiger partial charge in [0, 0.05) is 31.2 Å². The van der Waals surface area contributed by atoms with Gasteiger partial charge in [-0.25, -0.2) is 0 Å². The van der Waals surface area contributed by atoms with Gasteiger partial charge in [-0.15, -0.1) is 0 Å².